The summed E-state index contributed by atoms with van der Waals surface area (Å²) in [6.45, 7) is -0.177. The Hall–Kier alpha value is -1.90. The zero-order chi connectivity index (χ0) is 13.3. The number of carbonyl (C=O) groups is 2. The molecule has 0 radical (unpaired) electrons. The molecule has 0 bridgehead atoms. The molecule has 98 valence electrons. The van der Waals surface area contributed by atoms with Gasteiger partial charge in [0.15, 0.2) is 0 Å². The van der Waals surface area contributed by atoms with Gasteiger partial charge in [-0.25, -0.2) is 0 Å². The minimum Gasteiger partial charge on any atom is -0.480 e. The summed E-state index contributed by atoms with van der Waals surface area (Å²) < 4.78 is 4.66. The number of nitrogens with zero attached hydrogens (tertiary/aromatic N) is 1. The molecule has 0 aliphatic rings. The highest BCUT2D eigenvalue weighted by Crippen LogP contribution is 1.98. The Labute approximate surface area is 96.6 Å². The molecular formula is C8H14N2O7. The van der Waals surface area contributed by atoms with E-state index in [1.54, 1.807) is 0 Å². The van der Waals surface area contributed by atoms with Crippen LogP contribution in [-0.2, 0) is 19.2 Å². The Balaban J connectivity index is 3.47. The highest BCUT2D eigenvalue weighted by molar-refractivity contribution is 5.75. The first-order valence-electron chi connectivity index (χ1n) is 4.84. The van der Waals surface area contributed by atoms with E-state index >= 15 is 0 Å². The van der Waals surface area contributed by atoms with E-state index in [-0.39, 0.29) is 32.5 Å². The van der Waals surface area contributed by atoms with Crippen molar-refractivity contribution in [2.24, 2.45) is 5.73 Å². The van der Waals surface area contributed by atoms with Gasteiger partial charge in [0, 0.05) is 12.8 Å². The van der Waals surface area contributed by atoms with Gasteiger partial charge in [0.05, 0.1) is 13.2 Å². The maximum Gasteiger partial charge on any atom is 0.320 e. The lowest BCUT2D eigenvalue weighted by molar-refractivity contribution is -0.757. The molecule has 3 N–H and O–H groups in total. The third-order valence-corrected chi connectivity index (χ3v) is 1.73. The Morgan fingerprint density at radius 1 is 1.41 bits per heavy atom. The van der Waals surface area contributed by atoms with Crippen LogP contribution in [0.5, 0.6) is 0 Å². The molecule has 9 heteroatoms. The number of carboxylic acids is 1. The van der Waals surface area contributed by atoms with Gasteiger partial charge in [0.25, 0.3) is 5.09 Å². The molecule has 0 rings (SSSR count). The van der Waals surface area contributed by atoms with Crippen LogP contribution in [0, 0.1) is 10.1 Å². The van der Waals surface area contributed by atoms with Crippen molar-refractivity contribution < 1.29 is 29.4 Å². The predicted molar refractivity (Wildman–Crippen MR) is 53.4 cm³/mol. The van der Waals surface area contributed by atoms with Crippen LogP contribution in [0.15, 0.2) is 0 Å². The third-order valence-electron chi connectivity index (χ3n) is 1.73. The molecule has 0 aliphatic carbocycles. The second-order valence-electron chi connectivity index (χ2n) is 3.11. The molecule has 9 nitrogen and oxygen atoms in total. The summed E-state index contributed by atoms with van der Waals surface area (Å²) in [5.41, 5.74) is 5.17. The second kappa shape index (κ2) is 8.28. The molecule has 0 aromatic carbocycles. The molecule has 0 saturated carbocycles. The van der Waals surface area contributed by atoms with Gasteiger partial charge in [-0.3, -0.25) is 9.59 Å². The van der Waals surface area contributed by atoms with E-state index in [0.29, 0.717) is 0 Å². The van der Waals surface area contributed by atoms with E-state index in [9.17, 15) is 19.7 Å². The number of nitrogens with two attached hydrogens (primary N) is 1. The molecule has 17 heavy (non-hydrogen) atoms. The van der Waals surface area contributed by atoms with Crippen LogP contribution in [-0.4, -0.2) is 41.4 Å². The summed E-state index contributed by atoms with van der Waals surface area (Å²) in [7, 11) is 0. The maximum absolute atomic E-state index is 11.0. The first kappa shape index (κ1) is 15.1. The zero-order valence-corrected chi connectivity index (χ0v) is 9.03. The number of rotatable bonds is 9. The van der Waals surface area contributed by atoms with E-state index in [2.05, 4.69) is 9.57 Å². The highest BCUT2D eigenvalue weighted by Gasteiger charge is 2.13. The molecule has 1 atom stereocenters. The molecule has 0 heterocycles. The van der Waals surface area contributed by atoms with Crippen LogP contribution in [0.1, 0.15) is 19.3 Å². The number of hydrogen-bond acceptors (Lipinski definition) is 7. The van der Waals surface area contributed by atoms with E-state index in [0.717, 1.165) is 0 Å². The van der Waals surface area contributed by atoms with E-state index in [4.69, 9.17) is 10.8 Å². The Kier molecular flexibility index (Phi) is 7.35. The number of ether oxygens (including phenoxy) is 1. The summed E-state index contributed by atoms with van der Waals surface area (Å²) in [5.74, 6) is -1.78. The van der Waals surface area contributed by atoms with Crippen molar-refractivity contribution in [2.45, 2.75) is 25.3 Å². The minimum atomic E-state index is -1.18. The quantitative estimate of drug-likeness (QED) is 0.237. The molecule has 0 saturated heterocycles. The first-order valence-corrected chi connectivity index (χ1v) is 4.84. The summed E-state index contributed by atoms with van der Waals surface area (Å²) in [5, 5.41) is 17.2. The Bertz CT molecular complexity index is 281. The molecule has 0 aromatic rings. The summed E-state index contributed by atoms with van der Waals surface area (Å²) in [6, 6.07) is -1.10. The van der Waals surface area contributed by atoms with Crippen LogP contribution >= 0.6 is 0 Å². The van der Waals surface area contributed by atoms with Crippen molar-refractivity contribution >= 4 is 11.9 Å². The van der Waals surface area contributed by atoms with Gasteiger partial charge in [-0.15, -0.1) is 10.1 Å². The van der Waals surface area contributed by atoms with Gasteiger partial charge >= 0.3 is 11.9 Å². The van der Waals surface area contributed by atoms with Crippen LogP contribution in [0.25, 0.3) is 0 Å². The van der Waals surface area contributed by atoms with Gasteiger partial charge < -0.3 is 20.4 Å². The molecule has 0 amide bonds. The molecule has 0 spiro atoms. The smallest absolute Gasteiger partial charge is 0.320 e. The normalized spacial score (nSPS) is 11.6. The lowest BCUT2D eigenvalue weighted by atomic mass is 10.2. The number of hydrogen-bond donors (Lipinski definition) is 2. The van der Waals surface area contributed by atoms with Gasteiger partial charge in [-0.1, -0.05) is 0 Å². The van der Waals surface area contributed by atoms with Gasteiger partial charge in [-0.05, 0) is 6.42 Å². The lowest BCUT2D eigenvalue weighted by Gasteiger charge is -2.06. The topological polar surface area (TPSA) is 142 Å². The zero-order valence-electron chi connectivity index (χ0n) is 9.03. The fourth-order valence-electron chi connectivity index (χ4n) is 0.853. The lowest BCUT2D eigenvalue weighted by Crippen LogP contribution is -2.30. The summed E-state index contributed by atoms with van der Waals surface area (Å²) in [6.07, 6.45) is 0.0703. The predicted octanol–water partition coefficient (Wildman–Crippen LogP) is -0.680. The fourth-order valence-corrected chi connectivity index (χ4v) is 0.853. The average molecular weight is 250 g/mol. The first-order chi connectivity index (χ1) is 7.93. The van der Waals surface area contributed by atoms with E-state index in [1.807, 2.05) is 0 Å². The number of aliphatic carboxylic acids is 1. The number of carboxylic acid groups (broad SMARTS) is 1. The van der Waals surface area contributed by atoms with Gasteiger partial charge in [0.1, 0.15) is 6.04 Å². The summed E-state index contributed by atoms with van der Waals surface area (Å²) >= 11 is 0. The summed E-state index contributed by atoms with van der Waals surface area (Å²) in [4.78, 5) is 35.1. The van der Waals surface area contributed by atoms with E-state index in [1.165, 1.54) is 0 Å². The van der Waals surface area contributed by atoms with Gasteiger partial charge in [0.2, 0.25) is 0 Å². The second-order valence-corrected chi connectivity index (χ2v) is 3.11. The van der Waals surface area contributed by atoms with Crippen molar-refractivity contribution in [1.82, 2.24) is 0 Å². The van der Waals surface area contributed by atoms with Crippen molar-refractivity contribution in [3.05, 3.63) is 10.1 Å². The minimum absolute atomic E-state index is 0.0143. The monoisotopic (exact) mass is 250 g/mol. The van der Waals surface area contributed by atoms with Crippen LogP contribution in [0.4, 0.5) is 0 Å². The van der Waals surface area contributed by atoms with Crippen molar-refractivity contribution in [3.63, 3.8) is 0 Å². The molecular weight excluding hydrogens is 236 g/mol. The third kappa shape index (κ3) is 9.05. The number of esters is 1. The van der Waals surface area contributed by atoms with Gasteiger partial charge in [-0.2, -0.15) is 0 Å². The van der Waals surface area contributed by atoms with E-state index < -0.39 is 23.1 Å². The van der Waals surface area contributed by atoms with Crippen molar-refractivity contribution in [2.75, 3.05) is 13.2 Å². The van der Waals surface area contributed by atoms with Crippen molar-refractivity contribution in [1.29, 1.82) is 0 Å². The largest absolute Gasteiger partial charge is 0.480 e. The van der Waals surface area contributed by atoms with Crippen molar-refractivity contribution in [3.8, 4) is 0 Å². The SMILES string of the molecule is N[C@@H](CCC(=O)OCCCO[N+](=O)[O-])C(=O)O. The standard InChI is InChI=1S/C8H14N2O7/c9-6(8(12)13)2-3-7(11)16-4-1-5-17-10(14)15/h6H,1-5,9H2,(H,12,13)/t6-/m0/s1. The highest BCUT2D eigenvalue weighted by atomic mass is 16.9. The molecule has 0 unspecified atom stereocenters. The average Bonchev–Trinajstić information content (AvgIpc) is 2.24. The van der Waals surface area contributed by atoms with Crippen LogP contribution in [0.2, 0.25) is 0 Å². The molecule has 0 fully saturated rings. The number of carbonyl (C=O) groups excluding carboxylic acids is 1. The molecule has 0 aromatic heterocycles. The van der Waals surface area contributed by atoms with Crippen LogP contribution in [0.3, 0.4) is 0 Å². The maximum atomic E-state index is 11.0. The Morgan fingerprint density at radius 2 is 2.06 bits per heavy atom. The van der Waals surface area contributed by atoms with Crippen LogP contribution < -0.4 is 5.73 Å². The Morgan fingerprint density at radius 3 is 2.59 bits per heavy atom. The fraction of sp³-hybridized carbons (Fsp3) is 0.750. The molecule has 0 aliphatic heterocycles.